The summed E-state index contributed by atoms with van der Waals surface area (Å²) in [6.45, 7) is 3.21. The lowest BCUT2D eigenvalue weighted by Crippen LogP contribution is -2.43. The van der Waals surface area contributed by atoms with E-state index in [1.807, 2.05) is 28.7 Å². The lowest BCUT2D eigenvalue weighted by Gasteiger charge is -2.32. The zero-order chi connectivity index (χ0) is 13.1. The summed E-state index contributed by atoms with van der Waals surface area (Å²) in [5, 5.41) is 4.00. The predicted octanol–water partition coefficient (Wildman–Crippen LogP) is 1.58. The van der Waals surface area contributed by atoms with Gasteiger partial charge in [0.15, 0.2) is 0 Å². The first-order valence-electron chi connectivity index (χ1n) is 6.19. The fourth-order valence-corrected chi connectivity index (χ4v) is 3.08. The quantitative estimate of drug-likeness (QED) is 0.902. The highest BCUT2D eigenvalue weighted by Gasteiger charge is 2.28. The number of piperidine rings is 1. The van der Waals surface area contributed by atoms with Crippen LogP contribution in [-0.2, 0) is 9.59 Å². The molecule has 2 N–H and O–H groups in total. The number of rotatable bonds is 3. The van der Waals surface area contributed by atoms with E-state index in [4.69, 9.17) is 5.73 Å². The van der Waals surface area contributed by atoms with Gasteiger partial charge in [0, 0.05) is 19.0 Å². The zero-order valence-corrected chi connectivity index (χ0v) is 11.3. The van der Waals surface area contributed by atoms with Crippen LogP contribution >= 0.6 is 11.3 Å². The molecule has 0 spiro atoms. The van der Waals surface area contributed by atoms with Crippen molar-refractivity contribution < 1.29 is 9.59 Å². The van der Waals surface area contributed by atoms with Gasteiger partial charge in [0.1, 0.15) is 0 Å². The van der Waals surface area contributed by atoms with Crippen LogP contribution in [0, 0.1) is 5.92 Å². The van der Waals surface area contributed by atoms with E-state index in [1.165, 1.54) is 0 Å². The van der Waals surface area contributed by atoms with Gasteiger partial charge in [-0.1, -0.05) is 0 Å². The van der Waals surface area contributed by atoms with Crippen LogP contribution in [0.15, 0.2) is 16.8 Å². The Kier molecular flexibility index (Phi) is 4.01. The van der Waals surface area contributed by atoms with Crippen LogP contribution in [0.4, 0.5) is 0 Å². The Bertz CT molecular complexity index is 422. The number of hydrogen-bond donors (Lipinski definition) is 1. The smallest absolute Gasteiger partial charge is 0.229 e. The molecule has 98 valence electrons. The highest BCUT2D eigenvalue weighted by atomic mass is 32.1. The predicted molar refractivity (Wildman–Crippen MR) is 71.2 cm³/mol. The number of primary amides is 1. The van der Waals surface area contributed by atoms with Crippen molar-refractivity contribution in [3.05, 3.63) is 22.4 Å². The van der Waals surface area contributed by atoms with Gasteiger partial charge in [0.05, 0.1) is 5.92 Å². The van der Waals surface area contributed by atoms with Crippen molar-refractivity contribution >= 4 is 23.2 Å². The first-order valence-corrected chi connectivity index (χ1v) is 7.14. The fourth-order valence-electron chi connectivity index (χ4n) is 2.32. The fraction of sp³-hybridized carbons (Fsp3) is 0.538. The number of thiophene rings is 1. The Hall–Kier alpha value is -1.36. The monoisotopic (exact) mass is 266 g/mol. The van der Waals surface area contributed by atoms with Crippen LogP contribution in [0.2, 0.25) is 0 Å². The second kappa shape index (κ2) is 5.52. The van der Waals surface area contributed by atoms with Crippen LogP contribution < -0.4 is 5.73 Å². The normalized spacial score (nSPS) is 18.6. The minimum Gasteiger partial charge on any atom is -0.369 e. The third-order valence-electron chi connectivity index (χ3n) is 3.62. The highest BCUT2D eigenvalue weighted by molar-refractivity contribution is 7.08. The Labute approximate surface area is 111 Å². The van der Waals surface area contributed by atoms with Gasteiger partial charge in [-0.05, 0) is 42.2 Å². The van der Waals surface area contributed by atoms with Gasteiger partial charge in [-0.25, -0.2) is 0 Å². The van der Waals surface area contributed by atoms with Crippen LogP contribution in [0.3, 0.4) is 0 Å². The van der Waals surface area contributed by atoms with Crippen LogP contribution in [0.1, 0.15) is 31.2 Å². The number of amides is 2. The first kappa shape index (κ1) is 13.1. The van der Waals surface area contributed by atoms with E-state index in [9.17, 15) is 9.59 Å². The molecule has 1 fully saturated rings. The van der Waals surface area contributed by atoms with Crippen molar-refractivity contribution in [3.8, 4) is 0 Å². The summed E-state index contributed by atoms with van der Waals surface area (Å²) in [5.41, 5.74) is 6.36. The summed E-state index contributed by atoms with van der Waals surface area (Å²) in [7, 11) is 0. The van der Waals surface area contributed by atoms with Gasteiger partial charge in [-0.3, -0.25) is 9.59 Å². The summed E-state index contributed by atoms with van der Waals surface area (Å²) >= 11 is 1.60. The van der Waals surface area contributed by atoms with Gasteiger partial charge in [-0.2, -0.15) is 11.3 Å². The van der Waals surface area contributed by atoms with Crippen molar-refractivity contribution in [2.45, 2.75) is 25.7 Å². The number of carbonyl (C=O) groups excluding carboxylic acids is 2. The maximum absolute atomic E-state index is 12.3. The standard InChI is InChI=1S/C13H18N2O2S/c1-9(11-4-7-18-8-11)13(17)15-5-2-10(3-6-15)12(14)16/h4,7-10H,2-3,5-6H2,1H3,(H2,14,16). The minimum atomic E-state index is -0.243. The third-order valence-corrected chi connectivity index (χ3v) is 4.32. The average molecular weight is 266 g/mol. The number of nitrogens with zero attached hydrogens (tertiary/aromatic N) is 1. The molecule has 1 aromatic rings. The first-order chi connectivity index (χ1) is 8.59. The van der Waals surface area contributed by atoms with Crippen LogP contribution in [-0.4, -0.2) is 29.8 Å². The van der Waals surface area contributed by atoms with E-state index < -0.39 is 0 Å². The Morgan fingerprint density at radius 3 is 2.61 bits per heavy atom. The largest absolute Gasteiger partial charge is 0.369 e. The summed E-state index contributed by atoms with van der Waals surface area (Å²) < 4.78 is 0. The second-order valence-electron chi connectivity index (χ2n) is 4.78. The molecule has 1 aliphatic rings. The number of carbonyl (C=O) groups is 2. The molecule has 2 amide bonds. The van der Waals surface area contributed by atoms with E-state index in [1.54, 1.807) is 11.3 Å². The number of nitrogens with two attached hydrogens (primary N) is 1. The van der Waals surface area contributed by atoms with E-state index in [2.05, 4.69) is 0 Å². The molecule has 1 saturated heterocycles. The minimum absolute atomic E-state index is 0.0643. The average Bonchev–Trinajstić information content (AvgIpc) is 2.91. The van der Waals surface area contributed by atoms with Gasteiger partial charge < -0.3 is 10.6 Å². The molecule has 1 aliphatic heterocycles. The molecular formula is C13H18N2O2S. The molecule has 2 rings (SSSR count). The van der Waals surface area contributed by atoms with Gasteiger partial charge in [0.2, 0.25) is 11.8 Å². The second-order valence-corrected chi connectivity index (χ2v) is 5.56. The third kappa shape index (κ3) is 2.72. The van der Waals surface area contributed by atoms with Crippen molar-refractivity contribution in [1.82, 2.24) is 4.90 Å². The molecule has 1 atom stereocenters. The molecule has 2 heterocycles. The molecule has 0 bridgehead atoms. The maximum atomic E-state index is 12.3. The zero-order valence-electron chi connectivity index (χ0n) is 10.5. The van der Waals surface area contributed by atoms with Crippen molar-refractivity contribution in [2.24, 2.45) is 11.7 Å². The molecule has 0 radical (unpaired) electrons. The summed E-state index contributed by atoms with van der Waals surface area (Å²) in [6, 6.07) is 1.99. The molecule has 0 aliphatic carbocycles. The van der Waals surface area contributed by atoms with Crippen LogP contribution in [0.5, 0.6) is 0 Å². The topological polar surface area (TPSA) is 63.4 Å². The molecular weight excluding hydrogens is 248 g/mol. The molecule has 0 saturated carbocycles. The highest BCUT2D eigenvalue weighted by Crippen LogP contribution is 2.24. The summed E-state index contributed by atoms with van der Waals surface area (Å²) in [4.78, 5) is 25.2. The molecule has 5 heteroatoms. The van der Waals surface area contributed by atoms with Gasteiger partial charge in [0.25, 0.3) is 0 Å². The Morgan fingerprint density at radius 2 is 2.11 bits per heavy atom. The number of likely N-dealkylation sites (tertiary alicyclic amines) is 1. The molecule has 18 heavy (non-hydrogen) atoms. The van der Waals surface area contributed by atoms with Crippen LogP contribution in [0.25, 0.3) is 0 Å². The molecule has 4 nitrogen and oxygen atoms in total. The van der Waals surface area contributed by atoms with E-state index in [-0.39, 0.29) is 23.7 Å². The summed E-state index contributed by atoms with van der Waals surface area (Å²) in [6.07, 6.45) is 1.38. The molecule has 1 unspecified atom stereocenters. The van der Waals surface area contributed by atoms with Gasteiger partial charge >= 0.3 is 0 Å². The Balaban J connectivity index is 1.93. The lowest BCUT2D eigenvalue weighted by atomic mass is 9.94. The molecule has 1 aromatic heterocycles. The van der Waals surface area contributed by atoms with Crippen molar-refractivity contribution in [1.29, 1.82) is 0 Å². The van der Waals surface area contributed by atoms with Gasteiger partial charge in [-0.15, -0.1) is 0 Å². The van der Waals surface area contributed by atoms with E-state index in [0.717, 1.165) is 5.56 Å². The Morgan fingerprint density at radius 1 is 1.44 bits per heavy atom. The van der Waals surface area contributed by atoms with Crippen molar-refractivity contribution in [3.63, 3.8) is 0 Å². The SMILES string of the molecule is CC(C(=O)N1CCC(C(N)=O)CC1)c1ccsc1. The van der Waals surface area contributed by atoms with E-state index in [0.29, 0.717) is 25.9 Å². The van der Waals surface area contributed by atoms with Crippen molar-refractivity contribution in [2.75, 3.05) is 13.1 Å². The maximum Gasteiger partial charge on any atom is 0.229 e. The summed E-state index contributed by atoms with van der Waals surface area (Å²) in [5.74, 6) is -0.254. The van der Waals surface area contributed by atoms with E-state index >= 15 is 0 Å². The number of hydrogen-bond acceptors (Lipinski definition) is 3. The molecule has 0 aromatic carbocycles. The lowest BCUT2D eigenvalue weighted by molar-refractivity contribution is -0.135.